The van der Waals surface area contributed by atoms with Crippen LogP contribution in [0.15, 0.2) is 6.07 Å². The Morgan fingerprint density at radius 1 is 1.21 bits per heavy atom. The number of rotatable bonds is 1. The number of carbonyl (C=O) groups is 1. The summed E-state index contributed by atoms with van der Waals surface area (Å²) in [6.07, 6.45) is 3.20. The second-order valence-electron chi connectivity index (χ2n) is 8.78. The molecule has 1 aromatic rings. The number of ether oxygens (including phenoxy) is 1. The van der Waals surface area contributed by atoms with Gasteiger partial charge in [-0.1, -0.05) is 34.1 Å². The molecule has 24 heavy (non-hydrogen) atoms. The molecule has 0 amide bonds. The number of phenols is 2. The van der Waals surface area contributed by atoms with Crippen molar-refractivity contribution in [2.24, 2.45) is 11.3 Å². The second kappa shape index (κ2) is 4.68. The summed E-state index contributed by atoms with van der Waals surface area (Å²) in [4.78, 5) is 12.9. The predicted octanol–water partition coefficient (Wildman–Crippen LogP) is 4.29. The normalized spacial score (nSPS) is 33.1. The molecule has 4 nitrogen and oxygen atoms in total. The van der Waals surface area contributed by atoms with Gasteiger partial charge in [0.2, 0.25) is 0 Å². The first kappa shape index (κ1) is 15.8. The molecule has 2 N–H and O–H groups in total. The highest BCUT2D eigenvalue weighted by Crippen LogP contribution is 2.66. The van der Waals surface area contributed by atoms with E-state index in [1.807, 2.05) is 19.9 Å². The first-order chi connectivity index (χ1) is 11.2. The van der Waals surface area contributed by atoms with Crippen LogP contribution in [0.25, 0.3) is 0 Å². The molecule has 3 atom stereocenters. The maximum atomic E-state index is 12.9. The minimum absolute atomic E-state index is 0.0202. The molecular weight excluding hydrogens is 304 g/mol. The van der Waals surface area contributed by atoms with Gasteiger partial charge in [0, 0.05) is 16.7 Å². The third kappa shape index (κ3) is 1.72. The summed E-state index contributed by atoms with van der Waals surface area (Å²) in [5, 5.41) is 21.4. The zero-order chi connectivity index (χ0) is 17.4. The van der Waals surface area contributed by atoms with Crippen LogP contribution in [0.4, 0.5) is 0 Å². The molecule has 2 fully saturated rings. The van der Waals surface area contributed by atoms with Crippen LogP contribution < -0.4 is 0 Å². The number of phenolic OH excluding ortho intramolecular Hbond substituents is 2. The molecule has 1 saturated heterocycles. The Kier molecular flexibility index (Phi) is 3.08. The topological polar surface area (TPSA) is 66.8 Å². The average Bonchev–Trinajstić information content (AvgIpc) is 2.50. The Morgan fingerprint density at radius 2 is 1.92 bits per heavy atom. The van der Waals surface area contributed by atoms with Crippen molar-refractivity contribution in [1.29, 1.82) is 0 Å². The third-order valence-electron chi connectivity index (χ3n) is 6.74. The van der Waals surface area contributed by atoms with Crippen molar-refractivity contribution in [2.45, 2.75) is 70.8 Å². The molecule has 1 spiro atoms. The van der Waals surface area contributed by atoms with E-state index in [1.54, 1.807) is 0 Å². The zero-order valence-electron chi connectivity index (χ0n) is 14.8. The van der Waals surface area contributed by atoms with Crippen molar-refractivity contribution in [3.05, 3.63) is 22.8 Å². The fraction of sp³-hybridized carbons (Fsp3) is 0.650. The Bertz CT molecular complexity index is 734. The molecule has 130 valence electrons. The molecule has 2 heterocycles. The molecule has 1 aromatic carbocycles. The quantitative estimate of drug-likeness (QED) is 0.595. The van der Waals surface area contributed by atoms with Gasteiger partial charge >= 0.3 is 5.97 Å². The van der Waals surface area contributed by atoms with Gasteiger partial charge in [-0.05, 0) is 42.6 Å². The molecular formula is C20H26O4. The van der Waals surface area contributed by atoms with Crippen LogP contribution in [0.1, 0.15) is 82.1 Å². The number of fused-ring (bicyclic) bond motifs is 1. The van der Waals surface area contributed by atoms with Crippen LogP contribution in [0.2, 0.25) is 0 Å². The Hall–Kier alpha value is -1.71. The highest BCUT2D eigenvalue weighted by Gasteiger charge is 2.65. The fourth-order valence-corrected chi connectivity index (χ4v) is 5.55. The van der Waals surface area contributed by atoms with Crippen molar-refractivity contribution in [1.82, 2.24) is 0 Å². The first-order valence-electron chi connectivity index (χ1n) is 9.00. The molecule has 0 unspecified atom stereocenters. The smallest absolute Gasteiger partial charge is 0.317 e. The molecule has 2 aliphatic carbocycles. The van der Waals surface area contributed by atoms with Crippen molar-refractivity contribution < 1.29 is 19.7 Å². The number of hydrogen-bond acceptors (Lipinski definition) is 4. The number of esters is 1. The van der Waals surface area contributed by atoms with E-state index in [-0.39, 0.29) is 40.8 Å². The summed E-state index contributed by atoms with van der Waals surface area (Å²) < 4.78 is 5.76. The van der Waals surface area contributed by atoms with Crippen LogP contribution >= 0.6 is 0 Å². The molecule has 4 heteroatoms. The molecule has 0 radical (unpaired) electrons. The van der Waals surface area contributed by atoms with Gasteiger partial charge < -0.3 is 14.9 Å². The van der Waals surface area contributed by atoms with E-state index in [2.05, 4.69) is 13.8 Å². The van der Waals surface area contributed by atoms with E-state index in [9.17, 15) is 15.0 Å². The van der Waals surface area contributed by atoms with E-state index < -0.39 is 5.41 Å². The van der Waals surface area contributed by atoms with Crippen LogP contribution in [0, 0.1) is 11.3 Å². The molecule has 4 aliphatic rings. The number of hydrogen-bond donors (Lipinski definition) is 2. The van der Waals surface area contributed by atoms with E-state index in [1.165, 1.54) is 0 Å². The Morgan fingerprint density at radius 3 is 2.58 bits per heavy atom. The maximum Gasteiger partial charge on any atom is 0.317 e. The summed E-state index contributed by atoms with van der Waals surface area (Å²) in [6.45, 7) is 8.40. The monoisotopic (exact) mass is 330 g/mol. The predicted molar refractivity (Wildman–Crippen MR) is 90.1 cm³/mol. The summed E-state index contributed by atoms with van der Waals surface area (Å²) in [6, 6.07) is 1.95. The lowest BCUT2D eigenvalue weighted by atomic mass is 9.47. The van der Waals surface area contributed by atoms with Crippen molar-refractivity contribution >= 4 is 5.97 Å². The Balaban J connectivity index is 2.02. The highest BCUT2D eigenvalue weighted by molar-refractivity contribution is 5.89. The molecule has 1 saturated carbocycles. The van der Waals surface area contributed by atoms with Gasteiger partial charge in [0.15, 0.2) is 11.5 Å². The molecule has 2 bridgehead atoms. The van der Waals surface area contributed by atoms with Gasteiger partial charge in [-0.3, -0.25) is 4.79 Å². The molecule has 5 rings (SSSR count). The van der Waals surface area contributed by atoms with Crippen molar-refractivity contribution in [2.75, 3.05) is 0 Å². The van der Waals surface area contributed by atoms with Crippen molar-refractivity contribution in [3.63, 3.8) is 0 Å². The number of benzene rings is 1. The van der Waals surface area contributed by atoms with Crippen LogP contribution in [0.5, 0.6) is 11.5 Å². The minimum Gasteiger partial charge on any atom is -0.504 e. The van der Waals surface area contributed by atoms with Gasteiger partial charge in [-0.15, -0.1) is 0 Å². The number of carbonyl (C=O) groups excluding carboxylic acids is 1. The van der Waals surface area contributed by atoms with Gasteiger partial charge in [0.05, 0.1) is 0 Å². The Labute approximate surface area is 142 Å². The molecule has 0 aromatic heterocycles. The lowest BCUT2D eigenvalue weighted by Gasteiger charge is -2.58. The van der Waals surface area contributed by atoms with Crippen molar-refractivity contribution in [3.8, 4) is 11.5 Å². The zero-order valence-corrected chi connectivity index (χ0v) is 14.8. The van der Waals surface area contributed by atoms with E-state index in [4.69, 9.17) is 4.74 Å². The summed E-state index contributed by atoms with van der Waals surface area (Å²) in [5.41, 5.74) is 1.49. The lowest BCUT2D eigenvalue weighted by Crippen LogP contribution is -2.59. The fourth-order valence-electron chi connectivity index (χ4n) is 5.55. The van der Waals surface area contributed by atoms with Gasteiger partial charge in [-0.25, -0.2) is 0 Å². The summed E-state index contributed by atoms with van der Waals surface area (Å²) in [7, 11) is 0. The van der Waals surface area contributed by atoms with Crippen LogP contribution in [-0.4, -0.2) is 16.2 Å². The standard InChI is InChI=1S/C20H26O4/c1-10(2)11-8-12-13-9-14-19(3,4)6-5-7-20(14,18(23)24-13)15(12)17(22)16(11)21/h8,10,13-14,21-22H,5-7,9H2,1-4H3/t13-,14+,20+/m1/s1. The van der Waals surface area contributed by atoms with Gasteiger partial charge in [0.1, 0.15) is 11.5 Å². The summed E-state index contributed by atoms with van der Waals surface area (Å²) >= 11 is 0. The lowest BCUT2D eigenvalue weighted by molar-refractivity contribution is -0.185. The van der Waals surface area contributed by atoms with Gasteiger partial charge in [-0.2, -0.15) is 0 Å². The maximum absolute atomic E-state index is 12.9. The second-order valence-corrected chi connectivity index (χ2v) is 8.78. The largest absolute Gasteiger partial charge is 0.504 e. The minimum atomic E-state index is -0.803. The summed E-state index contributed by atoms with van der Waals surface area (Å²) in [5.74, 6) is -0.141. The van der Waals surface area contributed by atoms with E-state index in [0.29, 0.717) is 12.0 Å². The van der Waals surface area contributed by atoms with Crippen LogP contribution in [-0.2, 0) is 14.9 Å². The van der Waals surface area contributed by atoms with E-state index >= 15 is 0 Å². The number of aromatic hydroxyl groups is 2. The van der Waals surface area contributed by atoms with E-state index in [0.717, 1.165) is 30.4 Å². The SMILES string of the molecule is CC(C)c1cc2c(c(O)c1O)[C@]13CCCC(C)(C)[C@@H]1C[C@H]2OC3=O. The highest BCUT2D eigenvalue weighted by atomic mass is 16.5. The van der Waals surface area contributed by atoms with Crippen LogP contribution in [0.3, 0.4) is 0 Å². The first-order valence-corrected chi connectivity index (χ1v) is 9.00. The third-order valence-corrected chi connectivity index (χ3v) is 6.74. The van der Waals surface area contributed by atoms with Gasteiger partial charge in [0.25, 0.3) is 0 Å². The average molecular weight is 330 g/mol. The molecule has 2 aliphatic heterocycles.